The van der Waals surface area contributed by atoms with E-state index in [9.17, 15) is 10.1 Å². The number of nitrogens with zero attached hydrogens (tertiary/aromatic N) is 2. The summed E-state index contributed by atoms with van der Waals surface area (Å²) in [5, 5.41) is 23.5. The largest absolute Gasteiger partial charge is 0.491 e. The van der Waals surface area contributed by atoms with Crippen LogP contribution in [0, 0.1) is 10.1 Å². The zero-order valence-corrected chi connectivity index (χ0v) is 19.9. The van der Waals surface area contributed by atoms with E-state index in [0.717, 1.165) is 12.1 Å². The molecule has 33 heavy (non-hydrogen) atoms. The number of aliphatic hydroxyl groups excluding tert-OH is 1. The van der Waals surface area contributed by atoms with Gasteiger partial charge in [-0.25, -0.2) is 0 Å². The van der Waals surface area contributed by atoms with Gasteiger partial charge in [0.15, 0.2) is 0 Å². The molecule has 0 bridgehead atoms. The van der Waals surface area contributed by atoms with E-state index in [0.29, 0.717) is 70.8 Å². The minimum Gasteiger partial charge on any atom is -0.491 e. The van der Waals surface area contributed by atoms with Crippen molar-refractivity contribution >= 4 is 11.4 Å². The molecule has 0 fully saturated rings. The van der Waals surface area contributed by atoms with Crippen molar-refractivity contribution < 1.29 is 29.0 Å². The third kappa shape index (κ3) is 9.26. The molecule has 10 nitrogen and oxygen atoms in total. The molecule has 10 heteroatoms. The van der Waals surface area contributed by atoms with E-state index in [2.05, 4.69) is 37.1 Å². The monoisotopic (exact) mass is 467 g/mol. The minimum absolute atomic E-state index is 0.00363. The lowest BCUT2D eigenvalue weighted by atomic mass is 10.1. The van der Waals surface area contributed by atoms with Crippen LogP contribution in [0.3, 0.4) is 0 Å². The van der Waals surface area contributed by atoms with E-state index in [1.807, 2.05) is 0 Å². The SMILES string of the molecule is CC(C)=CCN1Cc2c(OCCOCCOCCOCCO)ccc([N+](=O)[O-])c2NC[C@@H]1C. The number of anilines is 1. The molecule has 0 saturated heterocycles. The fourth-order valence-electron chi connectivity index (χ4n) is 3.36. The maximum atomic E-state index is 11.6. The molecule has 0 aromatic heterocycles. The van der Waals surface area contributed by atoms with Gasteiger partial charge in [0.25, 0.3) is 5.69 Å². The number of nitrogens with one attached hydrogen (secondary N) is 1. The number of benzene rings is 1. The number of nitro benzene ring substituents is 1. The van der Waals surface area contributed by atoms with E-state index in [1.165, 1.54) is 11.6 Å². The number of rotatable bonds is 15. The molecule has 1 aromatic rings. The Morgan fingerprint density at radius 3 is 2.39 bits per heavy atom. The van der Waals surface area contributed by atoms with Gasteiger partial charge in [-0.1, -0.05) is 11.6 Å². The molecule has 2 N–H and O–H groups in total. The van der Waals surface area contributed by atoms with Crippen LogP contribution in [-0.4, -0.2) is 86.9 Å². The fourth-order valence-corrected chi connectivity index (χ4v) is 3.36. The molecule has 0 spiro atoms. The first-order chi connectivity index (χ1) is 15.9. The minimum atomic E-state index is -0.357. The Kier molecular flexibility index (Phi) is 12.1. The van der Waals surface area contributed by atoms with Crippen molar-refractivity contribution in [2.75, 3.05) is 71.3 Å². The molecule has 1 aliphatic rings. The summed E-state index contributed by atoms with van der Waals surface area (Å²) < 4.78 is 22.0. The van der Waals surface area contributed by atoms with Crippen molar-refractivity contribution in [3.63, 3.8) is 0 Å². The zero-order valence-electron chi connectivity index (χ0n) is 19.9. The first-order valence-electron chi connectivity index (χ1n) is 11.3. The molecule has 0 amide bonds. The Morgan fingerprint density at radius 1 is 1.15 bits per heavy atom. The van der Waals surface area contributed by atoms with Crippen molar-refractivity contribution in [2.45, 2.75) is 33.4 Å². The second-order valence-electron chi connectivity index (χ2n) is 8.04. The predicted octanol–water partition coefficient (Wildman–Crippen LogP) is 2.60. The molecule has 0 radical (unpaired) electrons. The Labute approximate surface area is 195 Å². The molecule has 1 aliphatic heterocycles. The topological polar surface area (TPSA) is 116 Å². The highest BCUT2D eigenvalue weighted by Crippen LogP contribution is 2.38. The number of nitro groups is 1. The van der Waals surface area contributed by atoms with Crippen LogP contribution in [0.15, 0.2) is 23.8 Å². The summed E-state index contributed by atoms with van der Waals surface area (Å²) in [7, 11) is 0. The summed E-state index contributed by atoms with van der Waals surface area (Å²) in [5.74, 6) is 0.625. The first kappa shape index (κ1) is 27.0. The molecule has 1 aromatic carbocycles. The Morgan fingerprint density at radius 2 is 1.79 bits per heavy atom. The van der Waals surface area contributed by atoms with Gasteiger partial charge in [0.1, 0.15) is 18.0 Å². The van der Waals surface area contributed by atoms with Crippen LogP contribution in [0.2, 0.25) is 0 Å². The molecule has 1 heterocycles. The smallest absolute Gasteiger partial charge is 0.292 e. The average Bonchev–Trinajstić information content (AvgIpc) is 2.95. The molecule has 0 saturated carbocycles. The fraction of sp³-hybridized carbons (Fsp3) is 0.652. The summed E-state index contributed by atoms with van der Waals surface area (Å²) in [6, 6.07) is 3.37. The summed E-state index contributed by atoms with van der Waals surface area (Å²) in [4.78, 5) is 13.5. The Bertz CT molecular complexity index is 769. The third-order valence-electron chi connectivity index (χ3n) is 5.20. The predicted molar refractivity (Wildman–Crippen MR) is 126 cm³/mol. The zero-order chi connectivity index (χ0) is 24.1. The van der Waals surface area contributed by atoms with Gasteiger partial charge in [-0.15, -0.1) is 0 Å². The van der Waals surface area contributed by atoms with Gasteiger partial charge in [0.05, 0.1) is 51.2 Å². The van der Waals surface area contributed by atoms with Crippen molar-refractivity contribution in [3.05, 3.63) is 39.5 Å². The Balaban J connectivity index is 1.91. The highest BCUT2D eigenvalue weighted by atomic mass is 16.6. The van der Waals surface area contributed by atoms with E-state index < -0.39 is 0 Å². The van der Waals surface area contributed by atoms with Gasteiger partial charge in [-0.3, -0.25) is 15.0 Å². The molecular weight excluding hydrogens is 430 g/mol. The molecular formula is C23H37N3O7. The highest BCUT2D eigenvalue weighted by Gasteiger charge is 2.28. The van der Waals surface area contributed by atoms with Crippen molar-refractivity contribution in [3.8, 4) is 5.75 Å². The Hall–Kier alpha value is -2.24. The van der Waals surface area contributed by atoms with Crippen LogP contribution >= 0.6 is 0 Å². The van der Waals surface area contributed by atoms with Crippen LogP contribution in [0.5, 0.6) is 5.75 Å². The maximum absolute atomic E-state index is 11.6. The standard InChI is InChI=1S/C23H37N3O7/c1-18(2)6-7-25-17-20-22(5-4-21(26(28)29)23(20)24-16-19(25)3)33-15-14-32-13-12-31-11-10-30-9-8-27/h4-6,19,24,27H,7-17H2,1-3H3/t19-/m0/s1. The number of aliphatic hydroxyl groups is 1. The van der Waals surface area contributed by atoms with Crippen LogP contribution in [-0.2, 0) is 20.8 Å². The average molecular weight is 468 g/mol. The summed E-state index contributed by atoms with van der Waals surface area (Å²) >= 11 is 0. The normalized spacial score (nSPS) is 15.9. The van der Waals surface area contributed by atoms with Crippen LogP contribution in [0.25, 0.3) is 0 Å². The highest BCUT2D eigenvalue weighted by molar-refractivity contribution is 5.70. The number of hydrogen-bond acceptors (Lipinski definition) is 9. The number of hydrogen-bond donors (Lipinski definition) is 2. The van der Waals surface area contributed by atoms with Crippen molar-refractivity contribution in [1.29, 1.82) is 0 Å². The second-order valence-corrected chi connectivity index (χ2v) is 8.04. The van der Waals surface area contributed by atoms with Crippen LogP contribution in [0.4, 0.5) is 11.4 Å². The quantitative estimate of drug-likeness (QED) is 0.174. The number of allylic oxidation sites excluding steroid dienone is 1. The van der Waals surface area contributed by atoms with E-state index in [1.54, 1.807) is 6.07 Å². The lowest BCUT2D eigenvalue weighted by Crippen LogP contribution is -2.35. The number of ether oxygens (including phenoxy) is 4. The molecule has 2 rings (SSSR count). The van der Waals surface area contributed by atoms with Gasteiger partial charge >= 0.3 is 0 Å². The lowest BCUT2D eigenvalue weighted by Gasteiger charge is -2.26. The molecule has 1 atom stereocenters. The summed E-state index contributed by atoms with van der Waals surface area (Å²) in [6.45, 7) is 10.9. The van der Waals surface area contributed by atoms with E-state index >= 15 is 0 Å². The van der Waals surface area contributed by atoms with Crippen LogP contribution < -0.4 is 10.1 Å². The van der Waals surface area contributed by atoms with Crippen molar-refractivity contribution in [2.24, 2.45) is 0 Å². The number of fused-ring (bicyclic) bond motifs is 1. The van der Waals surface area contributed by atoms with Gasteiger partial charge in [-0.05, 0) is 26.8 Å². The van der Waals surface area contributed by atoms with Gasteiger partial charge in [-0.2, -0.15) is 0 Å². The maximum Gasteiger partial charge on any atom is 0.292 e. The molecule has 0 aliphatic carbocycles. The molecule has 186 valence electrons. The van der Waals surface area contributed by atoms with Gasteiger partial charge < -0.3 is 29.4 Å². The second kappa shape index (κ2) is 14.8. The van der Waals surface area contributed by atoms with Crippen LogP contribution in [0.1, 0.15) is 26.3 Å². The summed E-state index contributed by atoms with van der Waals surface area (Å²) in [5.41, 5.74) is 2.61. The first-order valence-corrected chi connectivity index (χ1v) is 11.3. The van der Waals surface area contributed by atoms with Gasteiger partial charge in [0, 0.05) is 37.3 Å². The van der Waals surface area contributed by atoms with Crippen molar-refractivity contribution in [1.82, 2.24) is 4.90 Å². The third-order valence-corrected chi connectivity index (χ3v) is 5.20. The van der Waals surface area contributed by atoms with E-state index in [-0.39, 0.29) is 23.3 Å². The van der Waals surface area contributed by atoms with E-state index in [4.69, 9.17) is 24.1 Å². The molecule has 0 unspecified atom stereocenters. The van der Waals surface area contributed by atoms with Gasteiger partial charge in [0.2, 0.25) is 0 Å². The summed E-state index contributed by atoms with van der Waals surface area (Å²) in [6.07, 6.45) is 2.16. The lowest BCUT2D eigenvalue weighted by molar-refractivity contribution is -0.384.